The fourth-order valence-electron chi connectivity index (χ4n) is 2.99. The molecule has 1 amide bonds. The van der Waals surface area contributed by atoms with Crippen LogP contribution in [0.5, 0.6) is 0 Å². The van der Waals surface area contributed by atoms with Crippen LogP contribution in [0.4, 0.5) is 5.13 Å². The Morgan fingerprint density at radius 1 is 1.10 bits per heavy atom. The van der Waals surface area contributed by atoms with Crippen molar-refractivity contribution < 1.29 is 4.79 Å². The van der Waals surface area contributed by atoms with Crippen molar-refractivity contribution in [2.24, 2.45) is 0 Å². The van der Waals surface area contributed by atoms with Crippen molar-refractivity contribution in [1.29, 1.82) is 0 Å². The Balaban J connectivity index is 1.64. The first-order valence-electron chi connectivity index (χ1n) is 9.28. The van der Waals surface area contributed by atoms with Gasteiger partial charge in [0.15, 0.2) is 10.3 Å². The number of carbonyl (C=O) groups excluding carboxylic acids is 1. The minimum atomic E-state index is -0.122. The number of amides is 1. The lowest BCUT2D eigenvalue weighted by Crippen LogP contribution is -2.04. The summed E-state index contributed by atoms with van der Waals surface area (Å²) in [6.45, 7) is 5.86. The summed E-state index contributed by atoms with van der Waals surface area (Å²) in [4.78, 5) is 26.1. The molecule has 1 N–H and O–H groups in total. The molecule has 0 spiro atoms. The molecule has 0 fully saturated rings. The van der Waals surface area contributed by atoms with Gasteiger partial charge in [-0.3, -0.25) is 4.79 Å². The van der Waals surface area contributed by atoms with Gasteiger partial charge >= 0.3 is 0 Å². The number of rotatable bonds is 5. The molecule has 4 aromatic rings. The van der Waals surface area contributed by atoms with Gasteiger partial charge in [0.25, 0.3) is 0 Å². The van der Waals surface area contributed by atoms with Crippen LogP contribution < -0.4 is 5.32 Å². The summed E-state index contributed by atoms with van der Waals surface area (Å²) < 4.78 is 1.00. The van der Waals surface area contributed by atoms with E-state index in [1.54, 1.807) is 18.0 Å². The molecule has 0 atom stereocenters. The van der Waals surface area contributed by atoms with E-state index in [-0.39, 0.29) is 5.91 Å². The predicted octanol–water partition coefficient (Wildman–Crippen LogP) is 5.99. The molecule has 29 heavy (non-hydrogen) atoms. The van der Waals surface area contributed by atoms with E-state index in [1.165, 1.54) is 28.7 Å². The van der Waals surface area contributed by atoms with E-state index in [0.717, 1.165) is 26.6 Å². The van der Waals surface area contributed by atoms with E-state index < -0.39 is 0 Å². The number of nitrogens with zero attached hydrogens (tertiary/aromatic N) is 3. The smallest absolute Gasteiger partial charge is 0.223 e. The number of nitrogens with one attached hydrogen (secondary N) is 1. The molecular formula is C22H20N4OS2. The van der Waals surface area contributed by atoms with E-state index in [9.17, 15) is 4.79 Å². The van der Waals surface area contributed by atoms with E-state index in [0.29, 0.717) is 11.0 Å². The molecule has 0 saturated heterocycles. The van der Waals surface area contributed by atoms with Crippen LogP contribution in [0, 0.1) is 0 Å². The van der Waals surface area contributed by atoms with Crippen LogP contribution in [-0.2, 0) is 4.79 Å². The second-order valence-electron chi connectivity index (χ2n) is 6.90. The molecule has 0 aliphatic rings. The molecular weight excluding hydrogens is 400 g/mol. The van der Waals surface area contributed by atoms with Gasteiger partial charge in [-0.2, -0.15) is 0 Å². The maximum Gasteiger partial charge on any atom is 0.223 e. The Bertz CT molecular complexity index is 1190. The van der Waals surface area contributed by atoms with Crippen molar-refractivity contribution in [3.8, 4) is 11.3 Å². The Kier molecular flexibility index (Phi) is 5.60. The first-order valence-corrected chi connectivity index (χ1v) is 10.9. The molecule has 7 heteroatoms. The highest BCUT2D eigenvalue weighted by molar-refractivity contribution is 7.99. The Morgan fingerprint density at radius 3 is 2.72 bits per heavy atom. The minimum Gasteiger partial charge on any atom is -0.302 e. The van der Waals surface area contributed by atoms with E-state index >= 15 is 0 Å². The maximum atomic E-state index is 11.3. The Labute approximate surface area is 177 Å². The van der Waals surface area contributed by atoms with Crippen LogP contribution >= 0.6 is 23.1 Å². The number of aromatic nitrogens is 3. The second-order valence-corrected chi connectivity index (χ2v) is 8.94. The zero-order chi connectivity index (χ0) is 20.4. The highest BCUT2D eigenvalue weighted by Gasteiger charge is 2.11. The summed E-state index contributed by atoms with van der Waals surface area (Å²) in [5.74, 6) is 0.317. The monoisotopic (exact) mass is 420 g/mol. The van der Waals surface area contributed by atoms with Crippen molar-refractivity contribution in [2.45, 2.75) is 36.7 Å². The molecule has 0 bridgehead atoms. The number of carbonyl (C=O) groups is 1. The third-order valence-corrected chi connectivity index (χ3v) is 6.25. The summed E-state index contributed by atoms with van der Waals surface area (Å²) in [7, 11) is 0. The third kappa shape index (κ3) is 4.46. The molecule has 2 aromatic carbocycles. The molecule has 0 saturated carbocycles. The van der Waals surface area contributed by atoms with Crippen LogP contribution in [0.3, 0.4) is 0 Å². The van der Waals surface area contributed by atoms with E-state index in [1.807, 2.05) is 24.3 Å². The number of hydrogen-bond acceptors (Lipinski definition) is 6. The SMILES string of the molecule is CC(=O)Nc1nc2ccc(-c3ccnc(Sc4ccccc4C(C)C)n3)cc2s1. The Hall–Kier alpha value is -2.77. The molecule has 2 aromatic heterocycles. The lowest BCUT2D eigenvalue weighted by molar-refractivity contribution is -0.114. The molecule has 0 unspecified atom stereocenters. The normalized spacial score (nSPS) is 11.2. The van der Waals surface area contributed by atoms with Crippen molar-refractivity contribution in [1.82, 2.24) is 15.0 Å². The Morgan fingerprint density at radius 2 is 1.93 bits per heavy atom. The molecule has 146 valence electrons. The number of hydrogen-bond donors (Lipinski definition) is 1. The summed E-state index contributed by atoms with van der Waals surface area (Å²) in [5, 5.41) is 4.07. The third-order valence-electron chi connectivity index (χ3n) is 4.34. The average Bonchev–Trinajstić information content (AvgIpc) is 3.09. The van der Waals surface area contributed by atoms with Crippen LogP contribution in [0.1, 0.15) is 32.3 Å². The standard InChI is InChI=1S/C22H20N4OS2/c1-13(2)16-6-4-5-7-19(16)28-21-23-11-10-17(25-21)15-8-9-18-20(12-15)29-22(26-18)24-14(3)27/h4-13H,1-3H3,(H,24,26,27). The number of thiazole rings is 1. The highest BCUT2D eigenvalue weighted by atomic mass is 32.2. The molecule has 5 nitrogen and oxygen atoms in total. The highest BCUT2D eigenvalue weighted by Crippen LogP contribution is 2.34. The molecule has 0 aliphatic heterocycles. The van der Waals surface area contributed by atoms with Gasteiger partial charge in [0.05, 0.1) is 15.9 Å². The van der Waals surface area contributed by atoms with E-state index in [2.05, 4.69) is 53.4 Å². The second kappa shape index (κ2) is 8.31. The van der Waals surface area contributed by atoms with Gasteiger partial charge in [0.2, 0.25) is 5.91 Å². The first-order chi connectivity index (χ1) is 14.0. The summed E-state index contributed by atoms with van der Waals surface area (Å²) >= 11 is 3.04. The molecule has 0 radical (unpaired) electrons. The van der Waals surface area contributed by atoms with Crippen LogP contribution in [0.2, 0.25) is 0 Å². The minimum absolute atomic E-state index is 0.122. The van der Waals surface area contributed by atoms with Crippen molar-refractivity contribution in [2.75, 3.05) is 5.32 Å². The number of benzene rings is 2. The number of fused-ring (bicyclic) bond motifs is 1. The summed E-state index contributed by atoms with van der Waals surface area (Å²) in [6, 6.07) is 16.3. The quantitative estimate of drug-likeness (QED) is 0.402. The zero-order valence-electron chi connectivity index (χ0n) is 16.3. The van der Waals surface area contributed by atoms with Crippen molar-refractivity contribution >= 4 is 44.4 Å². The maximum absolute atomic E-state index is 11.3. The fourth-order valence-corrected chi connectivity index (χ4v) is 4.96. The van der Waals surface area contributed by atoms with Gasteiger partial charge in [-0.05, 0) is 47.5 Å². The van der Waals surface area contributed by atoms with Crippen LogP contribution in [-0.4, -0.2) is 20.9 Å². The van der Waals surface area contributed by atoms with Crippen molar-refractivity contribution in [3.63, 3.8) is 0 Å². The van der Waals surface area contributed by atoms with Gasteiger partial charge < -0.3 is 5.32 Å². The van der Waals surface area contributed by atoms with Gasteiger partial charge in [-0.15, -0.1) is 0 Å². The fraction of sp³-hybridized carbons (Fsp3) is 0.182. The predicted molar refractivity (Wildman–Crippen MR) is 120 cm³/mol. The van der Waals surface area contributed by atoms with Gasteiger partial charge in [0, 0.05) is 23.6 Å². The number of anilines is 1. The van der Waals surface area contributed by atoms with Gasteiger partial charge in [0.1, 0.15) is 0 Å². The molecule has 4 rings (SSSR count). The lowest BCUT2D eigenvalue weighted by atomic mass is 10.0. The largest absolute Gasteiger partial charge is 0.302 e. The van der Waals surface area contributed by atoms with Gasteiger partial charge in [-0.25, -0.2) is 15.0 Å². The molecule has 0 aliphatic carbocycles. The zero-order valence-corrected chi connectivity index (χ0v) is 18.0. The van der Waals surface area contributed by atoms with Crippen molar-refractivity contribution in [3.05, 3.63) is 60.3 Å². The van der Waals surface area contributed by atoms with Crippen LogP contribution in [0.15, 0.2) is 64.8 Å². The van der Waals surface area contributed by atoms with Crippen LogP contribution in [0.25, 0.3) is 21.5 Å². The average molecular weight is 421 g/mol. The van der Waals surface area contributed by atoms with E-state index in [4.69, 9.17) is 4.98 Å². The lowest BCUT2D eigenvalue weighted by Gasteiger charge is -2.11. The molecule has 2 heterocycles. The summed E-state index contributed by atoms with van der Waals surface area (Å²) in [5.41, 5.74) is 4.01. The summed E-state index contributed by atoms with van der Waals surface area (Å²) in [6.07, 6.45) is 1.79. The van der Waals surface area contributed by atoms with Gasteiger partial charge in [-0.1, -0.05) is 49.4 Å². The topological polar surface area (TPSA) is 67.8 Å². The first kappa shape index (κ1) is 19.5.